The van der Waals surface area contributed by atoms with E-state index in [1.165, 1.54) is 4.68 Å². The Morgan fingerprint density at radius 3 is 2.45 bits per heavy atom. The number of benzene rings is 2. The van der Waals surface area contributed by atoms with Crippen LogP contribution in [0.2, 0.25) is 0 Å². The Morgan fingerprint density at radius 2 is 1.76 bits per heavy atom. The molecule has 1 amide bonds. The number of rotatable bonds is 8. The van der Waals surface area contributed by atoms with Gasteiger partial charge in [-0.05, 0) is 63.6 Å². The summed E-state index contributed by atoms with van der Waals surface area (Å²) in [7, 11) is 0. The maximum absolute atomic E-state index is 13.2. The van der Waals surface area contributed by atoms with E-state index in [0.717, 1.165) is 33.9 Å². The third-order valence-corrected chi connectivity index (χ3v) is 5.77. The predicted octanol–water partition coefficient (Wildman–Crippen LogP) is 4.62. The van der Waals surface area contributed by atoms with Gasteiger partial charge in [-0.25, -0.2) is 0 Å². The summed E-state index contributed by atoms with van der Waals surface area (Å²) in [4.78, 5) is 25.6. The topological polar surface area (TPSA) is 78.2 Å². The molecule has 2 aromatic heterocycles. The molecule has 0 atom stereocenters. The van der Waals surface area contributed by atoms with Crippen molar-refractivity contribution in [1.82, 2.24) is 14.3 Å². The van der Waals surface area contributed by atoms with Crippen molar-refractivity contribution < 1.29 is 9.53 Å². The van der Waals surface area contributed by atoms with Gasteiger partial charge in [-0.2, -0.15) is 9.78 Å². The van der Waals surface area contributed by atoms with E-state index < -0.39 is 0 Å². The number of amides is 1. The first kappa shape index (κ1) is 22.3. The van der Waals surface area contributed by atoms with Crippen molar-refractivity contribution in [2.75, 3.05) is 11.9 Å². The SMILES string of the molecule is CCOc1ccc(NC(=O)CCCn2c(C)c3cnn(-c4ccccc4)c(=O)c3c2C)cc1. The number of hydrogen-bond acceptors (Lipinski definition) is 4. The molecule has 0 saturated carbocycles. The quantitative estimate of drug-likeness (QED) is 0.430. The second-order valence-corrected chi connectivity index (χ2v) is 7.92. The molecular weight excluding hydrogens is 416 g/mol. The molecule has 0 unspecified atom stereocenters. The number of nitrogens with one attached hydrogen (secondary N) is 1. The minimum atomic E-state index is -0.133. The number of carbonyl (C=O) groups excluding carboxylic acids is 1. The zero-order chi connectivity index (χ0) is 23.4. The van der Waals surface area contributed by atoms with Gasteiger partial charge in [0.2, 0.25) is 5.91 Å². The molecule has 0 fully saturated rings. The molecule has 33 heavy (non-hydrogen) atoms. The summed E-state index contributed by atoms with van der Waals surface area (Å²) in [6.07, 6.45) is 2.79. The lowest BCUT2D eigenvalue weighted by Crippen LogP contribution is -2.21. The van der Waals surface area contributed by atoms with Crippen molar-refractivity contribution in [2.24, 2.45) is 0 Å². The maximum Gasteiger partial charge on any atom is 0.281 e. The molecule has 4 rings (SSSR count). The highest BCUT2D eigenvalue weighted by atomic mass is 16.5. The van der Waals surface area contributed by atoms with Gasteiger partial charge in [0.25, 0.3) is 5.56 Å². The van der Waals surface area contributed by atoms with Crippen LogP contribution in [0.25, 0.3) is 16.5 Å². The monoisotopic (exact) mass is 444 g/mol. The van der Waals surface area contributed by atoms with Crippen LogP contribution >= 0.6 is 0 Å². The fourth-order valence-corrected chi connectivity index (χ4v) is 4.12. The Labute approximate surface area is 192 Å². The van der Waals surface area contributed by atoms with Crippen LogP contribution in [-0.4, -0.2) is 26.9 Å². The Morgan fingerprint density at radius 1 is 1.03 bits per heavy atom. The van der Waals surface area contributed by atoms with E-state index in [2.05, 4.69) is 15.0 Å². The Bertz CT molecular complexity index is 1320. The number of fused-ring (bicyclic) bond motifs is 1. The van der Waals surface area contributed by atoms with Gasteiger partial charge in [-0.3, -0.25) is 9.59 Å². The van der Waals surface area contributed by atoms with E-state index >= 15 is 0 Å². The number of hydrogen-bond donors (Lipinski definition) is 1. The van der Waals surface area contributed by atoms with Crippen molar-refractivity contribution >= 4 is 22.4 Å². The van der Waals surface area contributed by atoms with Gasteiger partial charge in [-0.15, -0.1) is 0 Å². The van der Waals surface area contributed by atoms with Gasteiger partial charge in [0.1, 0.15) is 5.75 Å². The molecule has 7 nitrogen and oxygen atoms in total. The summed E-state index contributed by atoms with van der Waals surface area (Å²) >= 11 is 0. The van der Waals surface area contributed by atoms with Crippen LogP contribution in [0.5, 0.6) is 5.75 Å². The van der Waals surface area contributed by atoms with Crippen molar-refractivity contribution in [3.63, 3.8) is 0 Å². The summed E-state index contributed by atoms with van der Waals surface area (Å²) in [5.41, 5.74) is 3.23. The average molecular weight is 445 g/mol. The molecule has 2 aromatic carbocycles. The van der Waals surface area contributed by atoms with Crippen molar-refractivity contribution in [3.05, 3.63) is 82.5 Å². The highest BCUT2D eigenvalue weighted by Gasteiger charge is 2.17. The number of anilines is 1. The van der Waals surface area contributed by atoms with E-state index in [-0.39, 0.29) is 11.5 Å². The molecule has 2 heterocycles. The van der Waals surface area contributed by atoms with E-state index in [9.17, 15) is 9.59 Å². The Hall–Kier alpha value is -3.87. The second kappa shape index (κ2) is 9.73. The van der Waals surface area contributed by atoms with Crippen molar-refractivity contribution in [2.45, 2.75) is 40.2 Å². The lowest BCUT2D eigenvalue weighted by molar-refractivity contribution is -0.116. The fraction of sp³-hybridized carbons (Fsp3) is 0.269. The van der Waals surface area contributed by atoms with E-state index in [4.69, 9.17) is 4.74 Å². The minimum absolute atomic E-state index is 0.0423. The molecule has 0 saturated heterocycles. The van der Waals surface area contributed by atoms with Crippen LogP contribution in [0, 0.1) is 13.8 Å². The van der Waals surface area contributed by atoms with Gasteiger partial charge in [0, 0.05) is 35.4 Å². The normalized spacial score (nSPS) is 11.0. The third kappa shape index (κ3) is 4.67. The predicted molar refractivity (Wildman–Crippen MR) is 130 cm³/mol. The number of aromatic nitrogens is 3. The molecular formula is C26H28N4O3. The lowest BCUT2D eigenvalue weighted by atomic mass is 10.2. The highest BCUT2D eigenvalue weighted by Crippen LogP contribution is 2.23. The number of aryl methyl sites for hydroxylation is 2. The number of ether oxygens (including phenoxy) is 1. The number of nitrogens with zero attached hydrogens (tertiary/aromatic N) is 3. The summed E-state index contributed by atoms with van der Waals surface area (Å²) < 4.78 is 8.96. The van der Waals surface area contributed by atoms with Crippen molar-refractivity contribution in [3.8, 4) is 11.4 Å². The van der Waals surface area contributed by atoms with Gasteiger partial charge in [-0.1, -0.05) is 18.2 Å². The molecule has 0 radical (unpaired) electrons. The minimum Gasteiger partial charge on any atom is -0.494 e. The zero-order valence-corrected chi connectivity index (χ0v) is 19.2. The standard InChI is InChI=1S/C26H28N4O3/c1-4-33-22-14-12-20(13-15-22)28-24(31)11-8-16-29-18(2)23-17-27-30(21-9-6-5-7-10-21)26(32)25(23)19(29)3/h5-7,9-10,12-15,17H,4,8,11,16H2,1-3H3,(H,28,31). The van der Waals surface area contributed by atoms with Crippen LogP contribution in [0.3, 0.4) is 0 Å². The van der Waals surface area contributed by atoms with Gasteiger partial charge in [0.15, 0.2) is 0 Å². The Balaban J connectivity index is 1.46. The van der Waals surface area contributed by atoms with Crippen molar-refractivity contribution in [1.29, 1.82) is 0 Å². The first-order chi connectivity index (χ1) is 16.0. The maximum atomic E-state index is 13.2. The molecule has 0 spiro atoms. The molecule has 1 N–H and O–H groups in total. The highest BCUT2D eigenvalue weighted by molar-refractivity contribution is 5.90. The van der Waals surface area contributed by atoms with Crippen LogP contribution in [0.1, 0.15) is 31.2 Å². The molecule has 170 valence electrons. The van der Waals surface area contributed by atoms with Crippen LogP contribution in [0.15, 0.2) is 65.6 Å². The van der Waals surface area contributed by atoms with Gasteiger partial charge in [0.05, 0.1) is 23.9 Å². The first-order valence-electron chi connectivity index (χ1n) is 11.2. The Kier molecular flexibility index (Phi) is 6.58. The third-order valence-electron chi connectivity index (χ3n) is 5.77. The van der Waals surface area contributed by atoms with Gasteiger partial charge >= 0.3 is 0 Å². The van der Waals surface area contributed by atoms with Gasteiger partial charge < -0.3 is 14.6 Å². The zero-order valence-electron chi connectivity index (χ0n) is 19.2. The molecule has 4 aromatic rings. The molecule has 0 bridgehead atoms. The molecule has 0 aliphatic heterocycles. The molecule has 7 heteroatoms. The summed E-state index contributed by atoms with van der Waals surface area (Å²) in [5.74, 6) is 0.737. The number of carbonyl (C=O) groups is 1. The number of para-hydroxylation sites is 1. The van der Waals surface area contributed by atoms with E-state index in [1.54, 1.807) is 6.20 Å². The average Bonchev–Trinajstić information content (AvgIpc) is 3.06. The molecule has 0 aliphatic carbocycles. The van der Waals surface area contributed by atoms with E-state index in [1.807, 2.05) is 75.4 Å². The van der Waals surface area contributed by atoms with Crippen LogP contribution in [-0.2, 0) is 11.3 Å². The summed E-state index contributed by atoms with van der Waals surface area (Å²) in [6.45, 7) is 7.13. The van der Waals surface area contributed by atoms with Crippen LogP contribution in [0.4, 0.5) is 5.69 Å². The second-order valence-electron chi connectivity index (χ2n) is 7.92. The van der Waals surface area contributed by atoms with E-state index in [0.29, 0.717) is 31.4 Å². The summed E-state index contributed by atoms with van der Waals surface area (Å²) in [5, 5.41) is 8.83. The largest absolute Gasteiger partial charge is 0.494 e. The molecule has 0 aliphatic rings. The smallest absolute Gasteiger partial charge is 0.281 e. The first-order valence-corrected chi connectivity index (χ1v) is 11.2. The summed E-state index contributed by atoms with van der Waals surface area (Å²) in [6, 6.07) is 16.8. The van der Waals surface area contributed by atoms with Crippen LogP contribution < -0.4 is 15.6 Å². The fourth-order valence-electron chi connectivity index (χ4n) is 4.12. The lowest BCUT2D eigenvalue weighted by Gasteiger charge is -2.10.